The van der Waals surface area contributed by atoms with Crippen molar-refractivity contribution in [3.8, 4) is 5.75 Å². The highest BCUT2D eigenvalue weighted by atomic mass is 16.5. The molecule has 0 unspecified atom stereocenters. The van der Waals surface area contributed by atoms with E-state index in [1.807, 2.05) is 25.1 Å². The van der Waals surface area contributed by atoms with Gasteiger partial charge in [-0.15, -0.1) is 5.10 Å². The van der Waals surface area contributed by atoms with Crippen LogP contribution in [0.2, 0.25) is 0 Å². The Morgan fingerprint density at radius 3 is 3.00 bits per heavy atom. The average molecular weight is 272 g/mol. The quantitative estimate of drug-likeness (QED) is 0.875. The molecule has 20 heavy (non-hydrogen) atoms. The number of benzene rings is 1. The number of aromatic nitrogens is 3. The molecule has 0 saturated heterocycles. The van der Waals surface area contributed by atoms with E-state index in [0.717, 1.165) is 18.7 Å². The number of carbonyl (C=O) groups is 1. The van der Waals surface area contributed by atoms with Crippen LogP contribution in [0.3, 0.4) is 0 Å². The Hall–Kier alpha value is -2.37. The molecule has 1 aliphatic rings. The highest BCUT2D eigenvalue weighted by Gasteiger charge is 2.28. The zero-order chi connectivity index (χ0) is 13.9. The third-order valence-corrected chi connectivity index (χ3v) is 3.10. The molecule has 0 spiro atoms. The lowest BCUT2D eigenvalue weighted by atomic mass is 10.3. The topological polar surface area (TPSA) is 79.9 Å². The average Bonchev–Trinajstić information content (AvgIpc) is 3.19. The summed E-state index contributed by atoms with van der Waals surface area (Å²) in [5, 5.41) is 9.56. The van der Waals surface area contributed by atoms with Crippen LogP contribution >= 0.6 is 0 Å². The number of rotatable bonds is 5. The summed E-state index contributed by atoms with van der Waals surface area (Å²) in [4.78, 5) is 16.3. The van der Waals surface area contributed by atoms with Gasteiger partial charge in [-0.05, 0) is 31.9 Å². The summed E-state index contributed by atoms with van der Waals surface area (Å²) in [5.74, 6) is 1.72. The molecule has 3 rings (SSSR count). The van der Waals surface area contributed by atoms with Gasteiger partial charge in [-0.3, -0.25) is 9.89 Å². The van der Waals surface area contributed by atoms with Gasteiger partial charge < -0.3 is 10.1 Å². The normalized spacial score (nSPS) is 14.1. The van der Waals surface area contributed by atoms with Crippen LogP contribution in [0.4, 0.5) is 5.69 Å². The maximum atomic E-state index is 12.1. The first-order valence-corrected chi connectivity index (χ1v) is 6.73. The summed E-state index contributed by atoms with van der Waals surface area (Å²) in [6.45, 7) is 2.44. The maximum Gasteiger partial charge on any atom is 0.295 e. The lowest BCUT2D eigenvalue weighted by Gasteiger charge is -2.09. The van der Waals surface area contributed by atoms with E-state index in [0.29, 0.717) is 24.0 Å². The van der Waals surface area contributed by atoms with Gasteiger partial charge in [0.1, 0.15) is 11.6 Å². The van der Waals surface area contributed by atoms with Gasteiger partial charge in [0.25, 0.3) is 5.91 Å². The highest BCUT2D eigenvalue weighted by Crippen LogP contribution is 2.37. The van der Waals surface area contributed by atoms with Crippen molar-refractivity contribution in [1.82, 2.24) is 15.2 Å². The van der Waals surface area contributed by atoms with E-state index in [9.17, 15) is 4.79 Å². The Morgan fingerprint density at radius 1 is 1.45 bits per heavy atom. The van der Waals surface area contributed by atoms with Gasteiger partial charge in [-0.1, -0.05) is 12.1 Å². The van der Waals surface area contributed by atoms with Crippen molar-refractivity contribution in [2.45, 2.75) is 25.7 Å². The molecule has 0 radical (unpaired) electrons. The molecule has 1 amide bonds. The fraction of sp³-hybridized carbons (Fsp3) is 0.357. The van der Waals surface area contributed by atoms with Gasteiger partial charge in [0.15, 0.2) is 0 Å². The third-order valence-electron chi connectivity index (χ3n) is 3.10. The molecule has 0 aliphatic heterocycles. The van der Waals surface area contributed by atoms with Crippen LogP contribution in [0.5, 0.6) is 5.75 Å². The molecule has 0 bridgehead atoms. The first-order chi connectivity index (χ1) is 9.78. The lowest BCUT2D eigenvalue weighted by Crippen LogP contribution is -2.14. The minimum Gasteiger partial charge on any atom is -0.492 e. The molecular formula is C14H16N4O2. The van der Waals surface area contributed by atoms with Crippen molar-refractivity contribution >= 4 is 11.6 Å². The SMILES string of the molecule is CCOc1ccccc1NC(=O)c1n[nH]c(C2CC2)n1. The second kappa shape index (κ2) is 5.32. The van der Waals surface area contributed by atoms with Crippen LogP contribution in [-0.2, 0) is 0 Å². The van der Waals surface area contributed by atoms with E-state index >= 15 is 0 Å². The summed E-state index contributed by atoms with van der Waals surface area (Å²) < 4.78 is 5.46. The van der Waals surface area contributed by atoms with Crippen LogP contribution in [0.25, 0.3) is 0 Å². The summed E-state index contributed by atoms with van der Waals surface area (Å²) in [7, 11) is 0. The van der Waals surface area contributed by atoms with Crippen molar-refractivity contribution in [3.63, 3.8) is 0 Å². The number of anilines is 1. The Morgan fingerprint density at radius 2 is 2.25 bits per heavy atom. The number of carbonyl (C=O) groups excluding carboxylic acids is 1. The fourth-order valence-electron chi connectivity index (χ4n) is 1.94. The molecule has 1 fully saturated rings. The number of H-pyrrole nitrogens is 1. The zero-order valence-electron chi connectivity index (χ0n) is 11.2. The standard InChI is InChI=1S/C14H16N4O2/c1-2-20-11-6-4-3-5-10(11)15-14(19)13-16-12(17-18-13)9-7-8-9/h3-6,9H,2,7-8H2,1H3,(H,15,19)(H,16,17,18). The van der Waals surface area contributed by atoms with E-state index in [1.54, 1.807) is 6.07 Å². The number of para-hydroxylation sites is 2. The van der Waals surface area contributed by atoms with E-state index in [-0.39, 0.29) is 11.7 Å². The molecule has 1 aliphatic carbocycles. The third kappa shape index (κ3) is 2.64. The molecule has 104 valence electrons. The van der Waals surface area contributed by atoms with Crippen LogP contribution in [0.1, 0.15) is 42.1 Å². The Kier molecular flexibility index (Phi) is 3.37. The summed E-state index contributed by atoms with van der Waals surface area (Å²) >= 11 is 0. The van der Waals surface area contributed by atoms with E-state index in [1.165, 1.54) is 0 Å². The molecular weight excluding hydrogens is 256 g/mol. The predicted molar refractivity (Wildman–Crippen MR) is 73.9 cm³/mol. The Bertz CT molecular complexity index is 619. The Labute approximate surface area is 116 Å². The summed E-state index contributed by atoms with van der Waals surface area (Å²) in [6, 6.07) is 7.30. The van der Waals surface area contributed by atoms with Crippen molar-refractivity contribution in [2.75, 3.05) is 11.9 Å². The number of aromatic amines is 1. The van der Waals surface area contributed by atoms with Gasteiger partial charge in [0.05, 0.1) is 12.3 Å². The van der Waals surface area contributed by atoms with Crippen molar-refractivity contribution in [2.24, 2.45) is 0 Å². The fourth-order valence-corrected chi connectivity index (χ4v) is 1.94. The van der Waals surface area contributed by atoms with Crippen LogP contribution in [-0.4, -0.2) is 27.7 Å². The minimum absolute atomic E-state index is 0.165. The van der Waals surface area contributed by atoms with Gasteiger partial charge in [-0.2, -0.15) is 0 Å². The van der Waals surface area contributed by atoms with Crippen LogP contribution in [0, 0.1) is 0 Å². The number of nitrogens with zero attached hydrogens (tertiary/aromatic N) is 2. The molecule has 1 aromatic heterocycles. The highest BCUT2D eigenvalue weighted by molar-refractivity contribution is 6.02. The number of hydrogen-bond acceptors (Lipinski definition) is 4. The van der Waals surface area contributed by atoms with Gasteiger partial charge >= 0.3 is 0 Å². The smallest absolute Gasteiger partial charge is 0.295 e. The van der Waals surface area contributed by atoms with Crippen LogP contribution in [0.15, 0.2) is 24.3 Å². The van der Waals surface area contributed by atoms with E-state index in [4.69, 9.17) is 4.74 Å². The Balaban J connectivity index is 1.74. The van der Waals surface area contributed by atoms with Gasteiger partial charge in [0, 0.05) is 5.92 Å². The minimum atomic E-state index is -0.333. The number of nitrogens with one attached hydrogen (secondary N) is 2. The largest absolute Gasteiger partial charge is 0.492 e. The number of ether oxygens (including phenoxy) is 1. The second-order valence-corrected chi connectivity index (χ2v) is 4.70. The summed E-state index contributed by atoms with van der Waals surface area (Å²) in [6.07, 6.45) is 2.23. The number of hydrogen-bond donors (Lipinski definition) is 2. The lowest BCUT2D eigenvalue weighted by molar-refractivity contribution is 0.101. The predicted octanol–water partition coefficient (Wildman–Crippen LogP) is 2.33. The molecule has 1 saturated carbocycles. The first kappa shape index (κ1) is 12.7. The van der Waals surface area contributed by atoms with E-state index < -0.39 is 0 Å². The van der Waals surface area contributed by atoms with Crippen molar-refractivity contribution in [1.29, 1.82) is 0 Å². The van der Waals surface area contributed by atoms with E-state index in [2.05, 4.69) is 20.5 Å². The zero-order valence-corrected chi connectivity index (χ0v) is 11.2. The molecule has 6 heteroatoms. The molecule has 2 aromatic rings. The second-order valence-electron chi connectivity index (χ2n) is 4.70. The molecule has 0 atom stereocenters. The monoisotopic (exact) mass is 272 g/mol. The van der Waals surface area contributed by atoms with Gasteiger partial charge in [-0.25, -0.2) is 4.98 Å². The van der Waals surface area contributed by atoms with Gasteiger partial charge in [0.2, 0.25) is 5.82 Å². The van der Waals surface area contributed by atoms with Crippen molar-refractivity contribution < 1.29 is 9.53 Å². The summed E-state index contributed by atoms with van der Waals surface area (Å²) in [5.41, 5.74) is 0.622. The number of amides is 1. The molecule has 2 N–H and O–H groups in total. The van der Waals surface area contributed by atoms with Crippen LogP contribution < -0.4 is 10.1 Å². The molecule has 1 aromatic carbocycles. The first-order valence-electron chi connectivity index (χ1n) is 6.73. The molecule has 6 nitrogen and oxygen atoms in total. The molecule has 1 heterocycles. The maximum absolute atomic E-state index is 12.1. The van der Waals surface area contributed by atoms with Crippen molar-refractivity contribution in [3.05, 3.63) is 35.9 Å².